The highest BCUT2D eigenvalue weighted by atomic mass is 16.2. The van der Waals surface area contributed by atoms with Crippen LogP contribution in [0.15, 0.2) is 9.59 Å². The molecule has 0 bridgehead atoms. The van der Waals surface area contributed by atoms with Crippen LogP contribution in [0.1, 0.15) is 13.3 Å². The molecule has 19 heavy (non-hydrogen) atoms. The van der Waals surface area contributed by atoms with E-state index in [-0.39, 0.29) is 11.2 Å². The Morgan fingerprint density at radius 1 is 1.37 bits per heavy atom. The fourth-order valence-corrected chi connectivity index (χ4v) is 2.32. The van der Waals surface area contributed by atoms with Gasteiger partial charge in [-0.15, -0.1) is 0 Å². The zero-order valence-electron chi connectivity index (χ0n) is 11.2. The van der Waals surface area contributed by atoms with Crippen LogP contribution in [0.3, 0.4) is 0 Å². The van der Waals surface area contributed by atoms with Crippen molar-refractivity contribution in [1.82, 2.24) is 19.1 Å². The molecule has 2 heterocycles. The fourth-order valence-electron chi connectivity index (χ4n) is 2.32. The summed E-state index contributed by atoms with van der Waals surface area (Å²) in [5.41, 5.74) is 0.0280. The van der Waals surface area contributed by atoms with Gasteiger partial charge in [0.05, 0.1) is 0 Å². The second kappa shape index (κ2) is 3.97. The lowest BCUT2D eigenvalue weighted by molar-refractivity contribution is 0.708. The Labute approximate surface area is 109 Å². The van der Waals surface area contributed by atoms with Crippen LogP contribution in [-0.2, 0) is 14.1 Å². The molecule has 2 aromatic heterocycles. The average Bonchev–Trinajstić information content (AvgIpc) is 2.93. The fraction of sp³-hybridized carbons (Fsp3) is 0.583. The second-order valence-electron chi connectivity index (χ2n) is 5.34. The van der Waals surface area contributed by atoms with Gasteiger partial charge < -0.3 is 10.3 Å². The molecule has 102 valence electrons. The standard InChI is InChI=1S/C12H17N5O2/c1-6-4-7(6)5-13-11-14-8-9(15-11)16(2)12(19)17(3)10(8)18/h6-7H,4-5H2,1-3H3,(H2,13,14,15). The molecule has 0 aliphatic heterocycles. The van der Waals surface area contributed by atoms with Crippen LogP contribution >= 0.6 is 0 Å². The third kappa shape index (κ3) is 1.85. The summed E-state index contributed by atoms with van der Waals surface area (Å²) in [6, 6.07) is 0. The Kier molecular flexibility index (Phi) is 2.51. The van der Waals surface area contributed by atoms with Crippen molar-refractivity contribution in [2.24, 2.45) is 25.9 Å². The topological polar surface area (TPSA) is 84.7 Å². The molecule has 1 saturated carbocycles. The lowest BCUT2D eigenvalue weighted by Crippen LogP contribution is -2.36. The number of H-pyrrole nitrogens is 1. The molecule has 2 aromatic rings. The summed E-state index contributed by atoms with van der Waals surface area (Å²) in [5.74, 6) is 1.99. The number of aromatic nitrogens is 4. The number of aromatic amines is 1. The summed E-state index contributed by atoms with van der Waals surface area (Å²) in [5, 5.41) is 3.19. The Hall–Kier alpha value is -2.05. The van der Waals surface area contributed by atoms with Gasteiger partial charge in [-0.2, -0.15) is 4.98 Å². The van der Waals surface area contributed by atoms with Crippen LogP contribution in [0.2, 0.25) is 0 Å². The number of aryl methyl sites for hydroxylation is 1. The highest BCUT2D eigenvalue weighted by Gasteiger charge is 2.32. The molecule has 2 N–H and O–H groups in total. The summed E-state index contributed by atoms with van der Waals surface area (Å²) < 4.78 is 2.45. The second-order valence-corrected chi connectivity index (χ2v) is 5.34. The first-order valence-corrected chi connectivity index (χ1v) is 6.38. The molecule has 1 fully saturated rings. The van der Waals surface area contributed by atoms with Crippen LogP contribution < -0.4 is 16.6 Å². The largest absolute Gasteiger partial charge is 0.355 e. The van der Waals surface area contributed by atoms with Crippen LogP contribution in [0.5, 0.6) is 0 Å². The number of fused-ring (bicyclic) bond motifs is 1. The monoisotopic (exact) mass is 263 g/mol. The summed E-state index contributed by atoms with van der Waals surface area (Å²) in [4.78, 5) is 31.0. The Balaban J connectivity index is 2.00. The number of imidazole rings is 1. The van der Waals surface area contributed by atoms with E-state index >= 15 is 0 Å². The minimum absolute atomic E-state index is 0.349. The van der Waals surface area contributed by atoms with Gasteiger partial charge in [0.15, 0.2) is 11.2 Å². The summed E-state index contributed by atoms with van der Waals surface area (Å²) >= 11 is 0. The van der Waals surface area contributed by atoms with E-state index in [9.17, 15) is 9.59 Å². The first kappa shape index (κ1) is 12.0. The van der Waals surface area contributed by atoms with E-state index in [2.05, 4.69) is 22.2 Å². The van der Waals surface area contributed by atoms with Gasteiger partial charge in [0.25, 0.3) is 5.56 Å². The Bertz CT molecular complexity index is 754. The van der Waals surface area contributed by atoms with Gasteiger partial charge in [-0.1, -0.05) is 6.92 Å². The molecule has 3 rings (SSSR count). The molecule has 7 nitrogen and oxygen atoms in total. The minimum Gasteiger partial charge on any atom is -0.355 e. The van der Waals surface area contributed by atoms with Gasteiger partial charge in [0, 0.05) is 20.6 Å². The molecule has 0 aromatic carbocycles. The first-order chi connectivity index (χ1) is 8.99. The maximum atomic E-state index is 12.0. The van der Waals surface area contributed by atoms with Gasteiger partial charge >= 0.3 is 5.69 Å². The van der Waals surface area contributed by atoms with Crippen molar-refractivity contribution in [2.75, 3.05) is 11.9 Å². The van der Waals surface area contributed by atoms with Crippen molar-refractivity contribution in [2.45, 2.75) is 13.3 Å². The molecular weight excluding hydrogens is 246 g/mol. The van der Waals surface area contributed by atoms with Crippen LogP contribution in [-0.4, -0.2) is 25.6 Å². The summed E-state index contributed by atoms with van der Waals surface area (Å²) in [7, 11) is 3.07. The molecule has 7 heteroatoms. The van der Waals surface area contributed by atoms with Crippen LogP contribution in [0.4, 0.5) is 5.95 Å². The third-order valence-electron chi connectivity index (χ3n) is 3.90. The molecule has 0 saturated heterocycles. The molecule has 2 atom stereocenters. The van der Waals surface area contributed by atoms with Gasteiger partial charge in [0.1, 0.15) is 0 Å². The van der Waals surface area contributed by atoms with Crippen molar-refractivity contribution in [1.29, 1.82) is 0 Å². The van der Waals surface area contributed by atoms with E-state index in [0.29, 0.717) is 23.0 Å². The summed E-state index contributed by atoms with van der Waals surface area (Å²) in [6.45, 7) is 3.06. The smallest absolute Gasteiger partial charge is 0.332 e. The van der Waals surface area contributed by atoms with Gasteiger partial charge in [-0.3, -0.25) is 13.9 Å². The maximum Gasteiger partial charge on any atom is 0.332 e. The predicted molar refractivity (Wildman–Crippen MR) is 72.3 cm³/mol. The SMILES string of the molecule is CC1CC1CNc1nc2c([nH]1)c(=O)n(C)c(=O)n2C. The predicted octanol–water partition coefficient (Wildman–Crippen LogP) is 0.0282. The molecule has 1 aliphatic rings. The van der Waals surface area contributed by atoms with E-state index in [1.165, 1.54) is 18.0 Å². The van der Waals surface area contributed by atoms with E-state index in [0.717, 1.165) is 17.0 Å². The zero-order valence-corrected chi connectivity index (χ0v) is 11.2. The highest BCUT2D eigenvalue weighted by Crippen LogP contribution is 2.37. The lowest BCUT2D eigenvalue weighted by Gasteiger charge is -2.00. The van der Waals surface area contributed by atoms with Crippen molar-refractivity contribution < 1.29 is 0 Å². The summed E-state index contributed by atoms with van der Waals surface area (Å²) in [6.07, 6.45) is 1.23. The maximum absolute atomic E-state index is 12.0. The highest BCUT2D eigenvalue weighted by molar-refractivity contribution is 5.72. The lowest BCUT2D eigenvalue weighted by atomic mass is 10.3. The van der Waals surface area contributed by atoms with Crippen LogP contribution in [0, 0.1) is 11.8 Å². The zero-order chi connectivity index (χ0) is 13.7. The van der Waals surface area contributed by atoms with Crippen molar-refractivity contribution >= 4 is 17.1 Å². The molecule has 1 aliphatic carbocycles. The normalized spacial score (nSPS) is 21.8. The average molecular weight is 263 g/mol. The molecule has 0 amide bonds. The van der Waals surface area contributed by atoms with Gasteiger partial charge in [-0.25, -0.2) is 4.79 Å². The number of rotatable bonds is 3. The van der Waals surface area contributed by atoms with Crippen LogP contribution in [0.25, 0.3) is 11.2 Å². The third-order valence-corrected chi connectivity index (χ3v) is 3.90. The Morgan fingerprint density at radius 3 is 2.68 bits per heavy atom. The van der Waals surface area contributed by atoms with Crippen molar-refractivity contribution in [3.63, 3.8) is 0 Å². The minimum atomic E-state index is -0.369. The van der Waals surface area contributed by atoms with Gasteiger partial charge in [0.2, 0.25) is 5.95 Å². The van der Waals surface area contributed by atoms with Gasteiger partial charge in [-0.05, 0) is 18.3 Å². The number of anilines is 1. The molecule has 0 spiro atoms. The Morgan fingerprint density at radius 2 is 2.05 bits per heavy atom. The molecule has 2 unspecified atom stereocenters. The number of nitrogens with zero attached hydrogens (tertiary/aromatic N) is 3. The van der Waals surface area contributed by atoms with E-state index in [4.69, 9.17) is 0 Å². The number of hydrogen-bond acceptors (Lipinski definition) is 4. The molecular formula is C12H17N5O2. The number of hydrogen-bond donors (Lipinski definition) is 2. The van der Waals surface area contributed by atoms with E-state index < -0.39 is 0 Å². The molecule has 0 radical (unpaired) electrons. The van der Waals surface area contributed by atoms with E-state index in [1.807, 2.05) is 0 Å². The number of nitrogens with one attached hydrogen (secondary N) is 2. The first-order valence-electron chi connectivity index (χ1n) is 6.38. The quantitative estimate of drug-likeness (QED) is 0.818. The van der Waals surface area contributed by atoms with Crippen molar-refractivity contribution in [3.05, 3.63) is 20.8 Å². The van der Waals surface area contributed by atoms with Crippen molar-refractivity contribution in [3.8, 4) is 0 Å². The van der Waals surface area contributed by atoms with E-state index in [1.54, 1.807) is 7.05 Å².